The van der Waals surface area contributed by atoms with Crippen molar-refractivity contribution in [1.29, 1.82) is 0 Å². The number of ether oxygens (including phenoxy) is 2. The molecule has 0 fully saturated rings. The van der Waals surface area contributed by atoms with Crippen LogP contribution in [0.1, 0.15) is 57.7 Å². The van der Waals surface area contributed by atoms with Crippen molar-refractivity contribution >= 4 is 0 Å². The zero-order valence-corrected chi connectivity index (χ0v) is 17.7. The summed E-state index contributed by atoms with van der Waals surface area (Å²) in [6, 6.07) is 11.8. The Balaban J connectivity index is 1.62. The molecule has 3 rings (SSSR count). The fourth-order valence-electron chi connectivity index (χ4n) is 3.66. The number of nitrogens with zero attached hydrogens (tertiary/aromatic N) is 1. The van der Waals surface area contributed by atoms with Crippen LogP contribution in [-0.4, -0.2) is 23.1 Å². The van der Waals surface area contributed by atoms with Gasteiger partial charge in [-0.3, -0.25) is 4.90 Å². The van der Waals surface area contributed by atoms with E-state index in [9.17, 15) is 4.39 Å². The van der Waals surface area contributed by atoms with Gasteiger partial charge in [0.15, 0.2) is 11.5 Å². The van der Waals surface area contributed by atoms with Crippen LogP contribution in [0.2, 0.25) is 0 Å². The highest BCUT2D eigenvalue weighted by molar-refractivity contribution is 5.43. The fourth-order valence-corrected chi connectivity index (χ4v) is 3.66. The third-order valence-electron chi connectivity index (χ3n) is 5.12. The van der Waals surface area contributed by atoms with E-state index in [4.69, 9.17) is 9.47 Å². The minimum Gasteiger partial charge on any atom is -0.487 e. The largest absolute Gasteiger partial charge is 0.487 e. The van der Waals surface area contributed by atoms with Gasteiger partial charge in [0, 0.05) is 19.1 Å². The first kappa shape index (κ1) is 20.7. The first-order chi connectivity index (χ1) is 13.3. The quantitative estimate of drug-likeness (QED) is 0.579. The summed E-state index contributed by atoms with van der Waals surface area (Å²) in [5, 5.41) is 0. The summed E-state index contributed by atoms with van der Waals surface area (Å²) in [5.41, 5.74) is 3.62. The Labute approximate surface area is 168 Å². The van der Waals surface area contributed by atoms with E-state index < -0.39 is 0 Å². The van der Waals surface area contributed by atoms with Crippen molar-refractivity contribution in [1.82, 2.24) is 4.90 Å². The van der Waals surface area contributed by atoms with Gasteiger partial charge in [-0.05, 0) is 88.4 Å². The molecule has 0 aliphatic carbocycles. The van der Waals surface area contributed by atoms with Crippen molar-refractivity contribution < 1.29 is 13.9 Å². The Morgan fingerprint density at radius 1 is 0.857 bits per heavy atom. The average molecular weight is 386 g/mol. The molecule has 2 aromatic rings. The molecule has 1 heterocycles. The molecule has 0 bridgehead atoms. The standard InChI is InChI=1S/C24H32FNO2/c1-16(2)27-23-11-8-19(12-24(23)28-17(3)4)7-6-18(5)26-14-20-9-10-22(25)13-21(20)15-26/h8-13,16-18H,6-7,14-15H2,1-5H3. The second kappa shape index (κ2) is 8.95. The average Bonchev–Trinajstić information content (AvgIpc) is 3.04. The van der Waals surface area contributed by atoms with E-state index in [2.05, 4.69) is 24.0 Å². The van der Waals surface area contributed by atoms with Gasteiger partial charge in [-0.2, -0.15) is 0 Å². The van der Waals surface area contributed by atoms with Crippen LogP contribution in [0.15, 0.2) is 36.4 Å². The molecule has 0 spiro atoms. The van der Waals surface area contributed by atoms with Crippen LogP contribution in [0, 0.1) is 5.82 Å². The molecular formula is C24H32FNO2. The molecule has 0 saturated heterocycles. The molecule has 1 aliphatic heterocycles. The molecule has 0 aromatic heterocycles. The van der Waals surface area contributed by atoms with Gasteiger partial charge < -0.3 is 9.47 Å². The number of benzene rings is 2. The van der Waals surface area contributed by atoms with Gasteiger partial charge in [-0.25, -0.2) is 4.39 Å². The van der Waals surface area contributed by atoms with Gasteiger partial charge in [0.05, 0.1) is 12.2 Å². The molecule has 0 saturated carbocycles. The van der Waals surface area contributed by atoms with Crippen LogP contribution in [0.5, 0.6) is 11.5 Å². The Bertz CT molecular complexity index is 803. The van der Waals surface area contributed by atoms with Gasteiger partial charge in [0.2, 0.25) is 0 Å². The third kappa shape index (κ3) is 5.26. The van der Waals surface area contributed by atoms with Gasteiger partial charge in [0.25, 0.3) is 0 Å². The molecular weight excluding hydrogens is 353 g/mol. The number of fused-ring (bicyclic) bond motifs is 1. The number of rotatable bonds is 8. The Hall–Kier alpha value is -2.07. The van der Waals surface area contributed by atoms with E-state index in [0.29, 0.717) is 6.04 Å². The SMILES string of the molecule is CC(C)Oc1ccc(CCC(C)N2Cc3ccc(F)cc3C2)cc1OC(C)C. The van der Waals surface area contributed by atoms with Crippen molar-refractivity contribution in [3.05, 3.63) is 58.9 Å². The molecule has 0 radical (unpaired) electrons. The second-order valence-corrected chi connectivity index (χ2v) is 8.32. The lowest BCUT2D eigenvalue weighted by atomic mass is 10.0. The normalized spacial score (nSPS) is 15.1. The molecule has 1 unspecified atom stereocenters. The number of hydrogen-bond acceptors (Lipinski definition) is 3. The maximum atomic E-state index is 13.5. The Morgan fingerprint density at radius 3 is 2.25 bits per heavy atom. The first-order valence-electron chi connectivity index (χ1n) is 10.3. The smallest absolute Gasteiger partial charge is 0.161 e. The van der Waals surface area contributed by atoms with E-state index >= 15 is 0 Å². The van der Waals surface area contributed by atoms with Crippen molar-refractivity contribution in [3.63, 3.8) is 0 Å². The van der Waals surface area contributed by atoms with Crippen LogP contribution in [0.25, 0.3) is 0 Å². The van der Waals surface area contributed by atoms with E-state index in [1.165, 1.54) is 11.1 Å². The van der Waals surface area contributed by atoms with Gasteiger partial charge in [0.1, 0.15) is 5.82 Å². The topological polar surface area (TPSA) is 21.7 Å². The van der Waals surface area contributed by atoms with Crippen molar-refractivity contribution in [2.24, 2.45) is 0 Å². The van der Waals surface area contributed by atoms with Crippen LogP contribution in [-0.2, 0) is 19.5 Å². The molecule has 1 aliphatic rings. The Kier molecular flexibility index (Phi) is 6.61. The van der Waals surface area contributed by atoms with Crippen LogP contribution < -0.4 is 9.47 Å². The van der Waals surface area contributed by atoms with E-state index in [0.717, 1.165) is 43.0 Å². The van der Waals surface area contributed by atoms with Crippen molar-refractivity contribution in [2.75, 3.05) is 0 Å². The van der Waals surface area contributed by atoms with Crippen molar-refractivity contribution in [2.45, 2.75) is 78.8 Å². The summed E-state index contributed by atoms with van der Waals surface area (Å²) in [6.07, 6.45) is 2.23. The molecule has 1 atom stereocenters. The van der Waals surface area contributed by atoms with Crippen LogP contribution in [0.4, 0.5) is 4.39 Å². The molecule has 0 amide bonds. The fraction of sp³-hybridized carbons (Fsp3) is 0.500. The molecule has 2 aromatic carbocycles. The highest BCUT2D eigenvalue weighted by atomic mass is 19.1. The van der Waals surface area contributed by atoms with Crippen LogP contribution in [0.3, 0.4) is 0 Å². The predicted molar refractivity (Wildman–Crippen MR) is 111 cm³/mol. The molecule has 152 valence electrons. The number of hydrogen-bond donors (Lipinski definition) is 0. The summed E-state index contributed by atoms with van der Waals surface area (Å²) in [5.74, 6) is 1.48. The molecule has 28 heavy (non-hydrogen) atoms. The highest BCUT2D eigenvalue weighted by Crippen LogP contribution is 2.32. The summed E-state index contributed by atoms with van der Waals surface area (Å²) in [4.78, 5) is 2.42. The molecule has 3 nitrogen and oxygen atoms in total. The maximum Gasteiger partial charge on any atom is 0.161 e. The number of aryl methyl sites for hydroxylation is 1. The zero-order valence-electron chi connectivity index (χ0n) is 17.7. The summed E-state index contributed by atoms with van der Waals surface area (Å²) < 4.78 is 25.3. The number of halogens is 1. The zero-order chi connectivity index (χ0) is 20.3. The van der Waals surface area contributed by atoms with E-state index in [1.807, 2.05) is 39.8 Å². The highest BCUT2D eigenvalue weighted by Gasteiger charge is 2.23. The summed E-state index contributed by atoms with van der Waals surface area (Å²) >= 11 is 0. The second-order valence-electron chi connectivity index (χ2n) is 8.32. The van der Waals surface area contributed by atoms with E-state index in [-0.39, 0.29) is 18.0 Å². The predicted octanol–water partition coefficient (Wildman–Crippen LogP) is 5.74. The lowest BCUT2D eigenvalue weighted by Gasteiger charge is -2.24. The maximum absolute atomic E-state index is 13.5. The molecule has 4 heteroatoms. The van der Waals surface area contributed by atoms with Gasteiger partial charge in [-0.1, -0.05) is 12.1 Å². The van der Waals surface area contributed by atoms with Crippen molar-refractivity contribution in [3.8, 4) is 11.5 Å². The summed E-state index contributed by atoms with van der Waals surface area (Å²) in [6.45, 7) is 12.1. The molecule has 0 N–H and O–H groups in total. The van der Waals surface area contributed by atoms with Crippen LogP contribution >= 0.6 is 0 Å². The lowest BCUT2D eigenvalue weighted by molar-refractivity contribution is 0.197. The lowest BCUT2D eigenvalue weighted by Crippen LogP contribution is -2.28. The first-order valence-corrected chi connectivity index (χ1v) is 10.3. The minimum atomic E-state index is -0.144. The summed E-state index contributed by atoms with van der Waals surface area (Å²) in [7, 11) is 0. The minimum absolute atomic E-state index is 0.104. The monoisotopic (exact) mass is 385 g/mol. The van der Waals surface area contributed by atoms with Gasteiger partial charge in [-0.15, -0.1) is 0 Å². The third-order valence-corrected chi connectivity index (χ3v) is 5.12. The Morgan fingerprint density at radius 2 is 1.54 bits per heavy atom. The van der Waals surface area contributed by atoms with Gasteiger partial charge >= 0.3 is 0 Å². The van der Waals surface area contributed by atoms with E-state index in [1.54, 1.807) is 12.1 Å².